The molecule has 1 saturated carbocycles. The zero-order valence-electron chi connectivity index (χ0n) is 13.9. The van der Waals surface area contributed by atoms with Gasteiger partial charge in [-0.3, -0.25) is 4.68 Å². The van der Waals surface area contributed by atoms with Crippen LogP contribution in [0.2, 0.25) is 0 Å². The summed E-state index contributed by atoms with van der Waals surface area (Å²) in [5.74, 6) is 0. The van der Waals surface area contributed by atoms with Gasteiger partial charge in [-0.15, -0.1) is 0 Å². The van der Waals surface area contributed by atoms with Gasteiger partial charge in [0.05, 0.1) is 29.5 Å². The Labute approximate surface area is 131 Å². The SMILES string of the molecule is Cc1c(B2OC(C)(C)C(C)(C)O2)cnn1[C@H]1C[C@@H](O)[C@@H](O)C1. The lowest BCUT2D eigenvalue weighted by Gasteiger charge is -2.32. The van der Waals surface area contributed by atoms with E-state index in [4.69, 9.17) is 9.31 Å². The molecule has 0 bridgehead atoms. The predicted octanol–water partition coefficient (Wildman–Crippen LogP) is 0.547. The summed E-state index contributed by atoms with van der Waals surface area (Å²) in [6.45, 7) is 10.1. The third kappa shape index (κ3) is 2.40. The van der Waals surface area contributed by atoms with Crippen molar-refractivity contribution >= 4 is 12.6 Å². The molecule has 1 aliphatic carbocycles. The average molecular weight is 308 g/mol. The maximum Gasteiger partial charge on any atom is 0.498 e. The third-order valence-electron chi connectivity index (χ3n) is 5.41. The molecule has 22 heavy (non-hydrogen) atoms. The Balaban J connectivity index is 1.83. The van der Waals surface area contributed by atoms with E-state index in [0.29, 0.717) is 12.8 Å². The molecule has 2 N–H and O–H groups in total. The lowest BCUT2D eigenvalue weighted by molar-refractivity contribution is 0.00578. The molecule has 1 aromatic heterocycles. The molecule has 6 nitrogen and oxygen atoms in total. The van der Waals surface area contributed by atoms with Crippen molar-refractivity contribution in [3.8, 4) is 0 Å². The van der Waals surface area contributed by atoms with Crippen LogP contribution < -0.4 is 5.46 Å². The predicted molar refractivity (Wildman–Crippen MR) is 83.0 cm³/mol. The van der Waals surface area contributed by atoms with Crippen LogP contribution in [0, 0.1) is 6.92 Å². The number of hydrogen-bond acceptors (Lipinski definition) is 5. The molecule has 2 aliphatic rings. The highest BCUT2D eigenvalue weighted by Gasteiger charge is 2.52. The first kappa shape index (κ1) is 16.0. The first-order chi connectivity index (χ1) is 10.1. The van der Waals surface area contributed by atoms with E-state index in [1.807, 2.05) is 39.3 Å². The molecule has 1 saturated heterocycles. The minimum atomic E-state index is -0.672. The van der Waals surface area contributed by atoms with Gasteiger partial charge in [0.15, 0.2) is 0 Å². The molecule has 122 valence electrons. The van der Waals surface area contributed by atoms with E-state index in [2.05, 4.69) is 5.10 Å². The van der Waals surface area contributed by atoms with E-state index in [0.717, 1.165) is 11.2 Å². The molecule has 0 radical (unpaired) electrons. The number of aliphatic hydroxyl groups excluding tert-OH is 2. The van der Waals surface area contributed by atoms with Crippen molar-refractivity contribution in [3.05, 3.63) is 11.9 Å². The molecular weight excluding hydrogens is 283 g/mol. The molecule has 3 atom stereocenters. The molecular formula is C15H25BN2O4. The van der Waals surface area contributed by atoms with Crippen molar-refractivity contribution in [3.63, 3.8) is 0 Å². The largest absolute Gasteiger partial charge is 0.498 e. The van der Waals surface area contributed by atoms with E-state index in [9.17, 15) is 10.2 Å². The Hall–Kier alpha value is -0.885. The Kier molecular flexibility index (Phi) is 3.68. The molecule has 7 heteroatoms. The zero-order valence-corrected chi connectivity index (χ0v) is 13.9. The van der Waals surface area contributed by atoms with Crippen LogP contribution in [-0.4, -0.2) is 50.5 Å². The molecule has 0 amide bonds. The summed E-state index contributed by atoms with van der Waals surface area (Å²) < 4.78 is 14.0. The van der Waals surface area contributed by atoms with Crippen LogP contribution in [0.15, 0.2) is 6.20 Å². The fourth-order valence-electron chi connectivity index (χ4n) is 3.17. The van der Waals surface area contributed by atoms with Crippen LogP contribution in [0.5, 0.6) is 0 Å². The van der Waals surface area contributed by atoms with E-state index >= 15 is 0 Å². The average Bonchev–Trinajstić information content (AvgIpc) is 2.97. The standard InChI is InChI=1S/C15H25BN2O4/c1-9-11(16-21-14(2,3)15(4,5)22-16)8-17-18(9)10-6-12(19)13(20)7-10/h8,10,12-13,19-20H,6-7H2,1-5H3/t10-,12+,13-. The van der Waals surface area contributed by atoms with Gasteiger partial charge in [0.1, 0.15) is 0 Å². The lowest BCUT2D eigenvalue weighted by Crippen LogP contribution is -2.41. The van der Waals surface area contributed by atoms with Crippen molar-refractivity contribution in [2.75, 3.05) is 0 Å². The van der Waals surface area contributed by atoms with Crippen molar-refractivity contribution in [1.82, 2.24) is 9.78 Å². The van der Waals surface area contributed by atoms with E-state index in [1.54, 1.807) is 6.20 Å². The van der Waals surface area contributed by atoms with Crippen molar-refractivity contribution in [1.29, 1.82) is 0 Å². The number of rotatable bonds is 2. The summed E-state index contributed by atoms with van der Waals surface area (Å²) in [4.78, 5) is 0. The normalized spacial score (nSPS) is 33.6. The van der Waals surface area contributed by atoms with Gasteiger partial charge in [0, 0.05) is 17.4 Å². The molecule has 2 fully saturated rings. The summed E-state index contributed by atoms with van der Waals surface area (Å²) in [5.41, 5.74) is 1.11. The maximum atomic E-state index is 9.74. The van der Waals surface area contributed by atoms with E-state index in [1.165, 1.54) is 0 Å². The Morgan fingerprint density at radius 2 is 1.64 bits per heavy atom. The number of hydrogen-bond donors (Lipinski definition) is 2. The molecule has 0 spiro atoms. The second-order valence-electron chi connectivity index (χ2n) is 7.48. The molecule has 0 unspecified atom stereocenters. The highest BCUT2D eigenvalue weighted by atomic mass is 16.7. The van der Waals surface area contributed by atoms with Crippen LogP contribution >= 0.6 is 0 Å². The van der Waals surface area contributed by atoms with Gasteiger partial charge in [-0.25, -0.2) is 0 Å². The molecule has 2 heterocycles. The van der Waals surface area contributed by atoms with Crippen LogP contribution in [-0.2, 0) is 9.31 Å². The summed E-state index contributed by atoms with van der Waals surface area (Å²) >= 11 is 0. The van der Waals surface area contributed by atoms with Crippen molar-refractivity contribution in [2.24, 2.45) is 0 Å². The van der Waals surface area contributed by atoms with Crippen LogP contribution in [0.3, 0.4) is 0 Å². The second kappa shape index (κ2) is 5.06. The van der Waals surface area contributed by atoms with Gasteiger partial charge in [0.25, 0.3) is 0 Å². The second-order valence-corrected chi connectivity index (χ2v) is 7.48. The minimum Gasteiger partial charge on any atom is -0.399 e. The first-order valence-electron chi connectivity index (χ1n) is 7.88. The fraction of sp³-hybridized carbons (Fsp3) is 0.800. The van der Waals surface area contributed by atoms with E-state index in [-0.39, 0.29) is 17.2 Å². The van der Waals surface area contributed by atoms with Crippen molar-refractivity contribution < 1.29 is 19.5 Å². The van der Waals surface area contributed by atoms with Gasteiger partial charge >= 0.3 is 7.12 Å². The highest BCUT2D eigenvalue weighted by molar-refractivity contribution is 6.62. The van der Waals surface area contributed by atoms with Gasteiger partial charge in [-0.05, 0) is 47.5 Å². The monoisotopic (exact) mass is 308 g/mol. The smallest absolute Gasteiger partial charge is 0.399 e. The van der Waals surface area contributed by atoms with Gasteiger partial charge in [-0.1, -0.05) is 0 Å². The Bertz CT molecular complexity index is 546. The van der Waals surface area contributed by atoms with E-state index < -0.39 is 19.3 Å². The summed E-state index contributed by atoms with van der Waals surface area (Å²) in [7, 11) is -0.435. The van der Waals surface area contributed by atoms with Crippen LogP contribution in [0.1, 0.15) is 52.3 Å². The Morgan fingerprint density at radius 3 is 2.14 bits per heavy atom. The Morgan fingerprint density at radius 1 is 1.14 bits per heavy atom. The van der Waals surface area contributed by atoms with Crippen LogP contribution in [0.25, 0.3) is 0 Å². The van der Waals surface area contributed by atoms with Gasteiger partial charge in [-0.2, -0.15) is 5.10 Å². The topological polar surface area (TPSA) is 76.7 Å². The molecule has 1 aliphatic heterocycles. The highest BCUT2D eigenvalue weighted by Crippen LogP contribution is 2.37. The summed E-state index contributed by atoms with van der Waals surface area (Å²) in [6, 6.07) is 0.0150. The number of aliphatic hydroxyl groups is 2. The van der Waals surface area contributed by atoms with Crippen molar-refractivity contribution in [2.45, 2.75) is 76.9 Å². The molecule has 3 rings (SSSR count). The van der Waals surface area contributed by atoms with Crippen LogP contribution in [0.4, 0.5) is 0 Å². The van der Waals surface area contributed by atoms with Gasteiger partial charge < -0.3 is 19.5 Å². The first-order valence-corrected chi connectivity index (χ1v) is 7.88. The third-order valence-corrected chi connectivity index (χ3v) is 5.41. The fourth-order valence-corrected chi connectivity index (χ4v) is 3.17. The van der Waals surface area contributed by atoms with Gasteiger partial charge in [0.2, 0.25) is 0 Å². The summed E-state index contributed by atoms with van der Waals surface area (Å²) in [5, 5.41) is 23.9. The maximum absolute atomic E-state index is 9.74. The lowest BCUT2D eigenvalue weighted by atomic mass is 9.79. The summed E-state index contributed by atoms with van der Waals surface area (Å²) in [6.07, 6.45) is 1.47. The zero-order chi connectivity index (χ0) is 16.3. The molecule has 1 aromatic rings. The molecule has 0 aromatic carbocycles. The number of aromatic nitrogens is 2. The quantitative estimate of drug-likeness (QED) is 0.780. The number of nitrogens with zero attached hydrogens (tertiary/aromatic N) is 2. The minimum absolute atomic E-state index is 0.0150.